The third kappa shape index (κ3) is 9.35. The number of amides is 2. The maximum absolute atomic E-state index is 14.8. The van der Waals surface area contributed by atoms with E-state index in [9.17, 15) is 18.0 Å². The molecule has 0 heterocycles. The molecule has 0 radical (unpaired) electrons. The van der Waals surface area contributed by atoms with Crippen LogP contribution < -0.4 is 23.8 Å². The molecule has 4 aromatic carbocycles. The van der Waals surface area contributed by atoms with Crippen LogP contribution >= 0.6 is 0 Å². The molecule has 0 aromatic heterocycles. The molecular weight excluding hydrogens is 655 g/mol. The van der Waals surface area contributed by atoms with Gasteiger partial charge in [-0.2, -0.15) is 0 Å². The standard InChI is InChI=1S/C39H47N3O7S/c1-7-29(4)40-39(44)35(24-30-15-10-9-11-16-30)41(26-31-17-13-12-14-28(31)3)38(43)27-42(32-18-20-33(21-19-32)49-8-2)50(45,46)34-22-23-36(47-5)37(25-34)48-6/h9-23,25,29,35H,7-8,24,26-27H2,1-6H3,(H,40,44)/t29-,35+/m0/s1. The van der Waals surface area contributed by atoms with Gasteiger partial charge >= 0.3 is 0 Å². The van der Waals surface area contributed by atoms with Crippen molar-refractivity contribution in [2.75, 3.05) is 31.7 Å². The lowest BCUT2D eigenvalue weighted by molar-refractivity contribution is -0.140. The number of nitrogens with one attached hydrogen (secondary N) is 1. The fourth-order valence-electron chi connectivity index (χ4n) is 5.47. The zero-order valence-corrected chi connectivity index (χ0v) is 30.4. The topological polar surface area (TPSA) is 114 Å². The first kappa shape index (κ1) is 37.8. The normalized spacial score (nSPS) is 12.4. The Morgan fingerprint density at radius 2 is 1.50 bits per heavy atom. The van der Waals surface area contributed by atoms with Crippen LogP contribution in [0.5, 0.6) is 17.2 Å². The van der Waals surface area contributed by atoms with Crippen molar-refractivity contribution in [3.05, 3.63) is 114 Å². The number of methoxy groups -OCH3 is 2. The van der Waals surface area contributed by atoms with E-state index in [-0.39, 0.29) is 41.2 Å². The molecule has 2 atom stereocenters. The van der Waals surface area contributed by atoms with Crippen LogP contribution in [0.25, 0.3) is 0 Å². The van der Waals surface area contributed by atoms with E-state index in [1.807, 2.05) is 82.3 Å². The van der Waals surface area contributed by atoms with Gasteiger partial charge in [-0.15, -0.1) is 0 Å². The molecule has 0 saturated carbocycles. The highest BCUT2D eigenvalue weighted by molar-refractivity contribution is 7.92. The zero-order valence-electron chi connectivity index (χ0n) is 29.6. The summed E-state index contributed by atoms with van der Waals surface area (Å²) in [5.41, 5.74) is 2.88. The molecule has 4 aromatic rings. The number of nitrogens with zero attached hydrogens (tertiary/aromatic N) is 2. The van der Waals surface area contributed by atoms with Crippen LogP contribution in [0.3, 0.4) is 0 Å². The Morgan fingerprint density at radius 1 is 0.840 bits per heavy atom. The Balaban J connectivity index is 1.85. The molecule has 0 aliphatic carbocycles. The van der Waals surface area contributed by atoms with Gasteiger partial charge < -0.3 is 24.4 Å². The predicted octanol–water partition coefficient (Wildman–Crippen LogP) is 6.16. The van der Waals surface area contributed by atoms with Gasteiger partial charge in [0.05, 0.1) is 31.4 Å². The highest BCUT2D eigenvalue weighted by Gasteiger charge is 2.35. The van der Waals surface area contributed by atoms with Gasteiger partial charge in [0.15, 0.2) is 11.5 Å². The molecule has 0 bridgehead atoms. The SMILES string of the molecule is CCOc1ccc(N(CC(=O)N(Cc2ccccc2C)[C@H](Cc2ccccc2)C(=O)N[C@@H](C)CC)S(=O)(=O)c2ccc(OC)c(OC)c2)cc1. The van der Waals surface area contributed by atoms with Crippen LogP contribution in [0.15, 0.2) is 102 Å². The molecule has 0 saturated heterocycles. The number of ether oxygens (including phenoxy) is 3. The van der Waals surface area contributed by atoms with Gasteiger partial charge in [-0.05, 0) is 80.3 Å². The van der Waals surface area contributed by atoms with E-state index in [0.29, 0.717) is 24.5 Å². The molecule has 50 heavy (non-hydrogen) atoms. The average Bonchev–Trinajstić information content (AvgIpc) is 3.13. The molecule has 0 fully saturated rings. The molecule has 0 unspecified atom stereocenters. The lowest BCUT2D eigenvalue weighted by Gasteiger charge is -2.34. The van der Waals surface area contributed by atoms with Crippen molar-refractivity contribution in [1.82, 2.24) is 10.2 Å². The summed E-state index contributed by atoms with van der Waals surface area (Å²) in [6.07, 6.45) is 0.927. The summed E-state index contributed by atoms with van der Waals surface area (Å²) >= 11 is 0. The van der Waals surface area contributed by atoms with E-state index in [2.05, 4.69) is 5.32 Å². The molecule has 2 amide bonds. The molecular formula is C39H47N3O7S. The Bertz CT molecular complexity index is 1830. The minimum Gasteiger partial charge on any atom is -0.494 e. The van der Waals surface area contributed by atoms with Gasteiger partial charge in [-0.1, -0.05) is 61.5 Å². The van der Waals surface area contributed by atoms with Crippen LogP contribution in [0.4, 0.5) is 5.69 Å². The average molecular weight is 702 g/mol. The van der Waals surface area contributed by atoms with E-state index >= 15 is 0 Å². The van der Waals surface area contributed by atoms with E-state index in [4.69, 9.17) is 14.2 Å². The molecule has 0 spiro atoms. The van der Waals surface area contributed by atoms with Crippen LogP contribution in [-0.2, 0) is 32.6 Å². The third-order valence-corrected chi connectivity index (χ3v) is 10.3. The van der Waals surface area contributed by atoms with Crippen molar-refractivity contribution in [2.45, 2.75) is 64.1 Å². The first-order valence-corrected chi connectivity index (χ1v) is 18.1. The fourth-order valence-corrected chi connectivity index (χ4v) is 6.90. The second-order valence-corrected chi connectivity index (χ2v) is 13.8. The van der Waals surface area contributed by atoms with Gasteiger partial charge in [0.1, 0.15) is 18.3 Å². The summed E-state index contributed by atoms with van der Waals surface area (Å²) in [7, 11) is -1.48. The zero-order chi connectivity index (χ0) is 36.3. The lowest BCUT2D eigenvalue weighted by Crippen LogP contribution is -2.54. The number of rotatable bonds is 17. The lowest BCUT2D eigenvalue weighted by atomic mass is 10.0. The first-order valence-electron chi connectivity index (χ1n) is 16.7. The molecule has 0 aliphatic heterocycles. The number of benzene rings is 4. The van der Waals surface area contributed by atoms with Crippen molar-refractivity contribution in [1.29, 1.82) is 0 Å². The Hall–Kier alpha value is -5.03. The second kappa shape index (κ2) is 17.6. The predicted molar refractivity (Wildman–Crippen MR) is 195 cm³/mol. The molecule has 266 valence electrons. The van der Waals surface area contributed by atoms with Gasteiger partial charge in [0, 0.05) is 25.1 Å². The van der Waals surface area contributed by atoms with Crippen molar-refractivity contribution in [2.24, 2.45) is 0 Å². The monoisotopic (exact) mass is 701 g/mol. The summed E-state index contributed by atoms with van der Waals surface area (Å²) in [6, 6.07) is 26.8. The number of anilines is 1. The summed E-state index contributed by atoms with van der Waals surface area (Å²) < 4.78 is 46.4. The number of carbonyl (C=O) groups is 2. The van der Waals surface area contributed by atoms with E-state index in [1.165, 1.54) is 37.3 Å². The van der Waals surface area contributed by atoms with E-state index < -0.39 is 28.5 Å². The van der Waals surface area contributed by atoms with Gasteiger partial charge in [0.2, 0.25) is 11.8 Å². The fraction of sp³-hybridized carbons (Fsp3) is 0.333. The molecule has 4 rings (SSSR count). The minimum absolute atomic E-state index is 0.0878. The van der Waals surface area contributed by atoms with E-state index in [0.717, 1.165) is 21.0 Å². The third-order valence-electron chi connectivity index (χ3n) is 8.53. The molecule has 0 aliphatic rings. The van der Waals surface area contributed by atoms with Crippen LogP contribution in [0, 0.1) is 6.92 Å². The van der Waals surface area contributed by atoms with Crippen LogP contribution in [-0.4, -0.2) is 64.6 Å². The Morgan fingerprint density at radius 3 is 2.12 bits per heavy atom. The first-order chi connectivity index (χ1) is 24.0. The number of aryl methyl sites for hydroxylation is 1. The highest BCUT2D eigenvalue weighted by Crippen LogP contribution is 2.33. The highest BCUT2D eigenvalue weighted by atomic mass is 32.2. The smallest absolute Gasteiger partial charge is 0.264 e. The van der Waals surface area contributed by atoms with Crippen molar-refractivity contribution < 1.29 is 32.2 Å². The van der Waals surface area contributed by atoms with Gasteiger partial charge in [-0.3, -0.25) is 13.9 Å². The largest absolute Gasteiger partial charge is 0.494 e. The van der Waals surface area contributed by atoms with Crippen LogP contribution in [0.1, 0.15) is 43.9 Å². The molecule has 1 N–H and O–H groups in total. The number of carbonyl (C=O) groups excluding carboxylic acids is 2. The van der Waals surface area contributed by atoms with Crippen molar-refractivity contribution in [3.8, 4) is 17.2 Å². The summed E-state index contributed by atoms with van der Waals surface area (Å²) in [5, 5.41) is 3.06. The quantitative estimate of drug-likeness (QED) is 0.140. The molecule has 10 nitrogen and oxygen atoms in total. The number of sulfonamides is 1. The van der Waals surface area contributed by atoms with Crippen LogP contribution in [0.2, 0.25) is 0 Å². The molecule has 11 heteroatoms. The van der Waals surface area contributed by atoms with Gasteiger partial charge in [-0.25, -0.2) is 8.42 Å². The second-order valence-electron chi connectivity index (χ2n) is 11.9. The van der Waals surface area contributed by atoms with E-state index in [1.54, 1.807) is 24.3 Å². The summed E-state index contributed by atoms with van der Waals surface area (Å²) in [5.74, 6) is 0.261. The minimum atomic E-state index is -4.37. The number of hydrogen-bond acceptors (Lipinski definition) is 7. The Labute approximate surface area is 296 Å². The maximum Gasteiger partial charge on any atom is 0.264 e. The Kier molecular flexibility index (Phi) is 13.3. The van der Waals surface area contributed by atoms with Gasteiger partial charge in [0.25, 0.3) is 10.0 Å². The van der Waals surface area contributed by atoms with Crippen molar-refractivity contribution in [3.63, 3.8) is 0 Å². The van der Waals surface area contributed by atoms with Crippen molar-refractivity contribution >= 4 is 27.5 Å². The number of hydrogen-bond donors (Lipinski definition) is 1. The maximum atomic E-state index is 14.8. The summed E-state index contributed by atoms with van der Waals surface area (Å²) in [4.78, 5) is 30.2. The summed E-state index contributed by atoms with van der Waals surface area (Å²) in [6.45, 7) is 7.61.